The number of halogens is 4. The van der Waals surface area contributed by atoms with Gasteiger partial charge in [0.1, 0.15) is 11.6 Å². The Labute approximate surface area is 158 Å². The molecule has 0 fully saturated rings. The van der Waals surface area contributed by atoms with Crippen LogP contribution >= 0.6 is 0 Å². The Morgan fingerprint density at radius 2 is 2.07 bits per heavy atom. The second kappa shape index (κ2) is 7.66. The number of sulfonamides is 1. The van der Waals surface area contributed by atoms with E-state index in [0.717, 1.165) is 6.07 Å². The molecule has 1 aromatic heterocycles. The van der Waals surface area contributed by atoms with Crippen LogP contribution in [0.3, 0.4) is 0 Å². The molecular formula is C16H18F4N4O3S. The van der Waals surface area contributed by atoms with Crippen LogP contribution in [0.15, 0.2) is 23.1 Å². The number of aryl methyl sites for hydroxylation is 1. The Morgan fingerprint density at radius 3 is 2.71 bits per heavy atom. The van der Waals surface area contributed by atoms with Gasteiger partial charge in [0.25, 0.3) is 0 Å². The first-order chi connectivity index (χ1) is 13.1. The summed E-state index contributed by atoms with van der Waals surface area (Å²) in [6.07, 6.45) is -4.33. The minimum atomic E-state index is -4.35. The molecule has 0 amide bonds. The van der Waals surface area contributed by atoms with Crippen LogP contribution in [0.5, 0.6) is 5.75 Å². The van der Waals surface area contributed by atoms with Crippen LogP contribution in [0.4, 0.5) is 17.6 Å². The Bertz CT molecular complexity index is 959. The molecular weight excluding hydrogens is 404 g/mol. The van der Waals surface area contributed by atoms with Gasteiger partial charge in [0.05, 0.1) is 24.0 Å². The van der Waals surface area contributed by atoms with E-state index in [4.69, 9.17) is 4.74 Å². The van der Waals surface area contributed by atoms with Crippen LogP contribution in [0.25, 0.3) is 0 Å². The monoisotopic (exact) mass is 422 g/mol. The topological polar surface area (TPSA) is 86.1 Å². The van der Waals surface area contributed by atoms with E-state index < -0.39 is 27.9 Å². The molecule has 1 N–H and O–H groups in total. The van der Waals surface area contributed by atoms with Crippen LogP contribution in [0, 0.1) is 11.7 Å². The van der Waals surface area contributed by atoms with Gasteiger partial charge < -0.3 is 9.30 Å². The molecule has 1 aliphatic rings. The van der Waals surface area contributed by atoms with E-state index in [1.807, 2.05) is 0 Å². The molecule has 0 bridgehead atoms. The van der Waals surface area contributed by atoms with Crippen molar-refractivity contribution in [2.24, 2.45) is 5.92 Å². The van der Waals surface area contributed by atoms with Crippen molar-refractivity contribution < 1.29 is 30.7 Å². The van der Waals surface area contributed by atoms with Crippen LogP contribution < -0.4 is 9.46 Å². The summed E-state index contributed by atoms with van der Waals surface area (Å²) in [4.78, 5) is -0.333. The van der Waals surface area contributed by atoms with Gasteiger partial charge in [-0.05, 0) is 31.5 Å². The van der Waals surface area contributed by atoms with Crippen molar-refractivity contribution in [1.82, 2.24) is 19.5 Å². The molecule has 28 heavy (non-hydrogen) atoms. The second-order valence-electron chi connectivity index (χ2n) is 6.27. The fraction of sp³-hybridized carbons (Fsp3) is 0.500. The molecule has 2 aromatic rings. The minimum Gasteiger partial charge on any atom is -0.491 e. The molecule has 7 nitrogen and oxygen atoms in total. The number of hydrogen-bond donors (Lipinski definition) is 1. The lowest BCUT2D eigenvalue weighted by atomic mass is 9.99. The first kappa shape index (κ1) is 20.5. The van der Waals surface area contributed by atoms with Gasteiger partial charge in [-0.1, -0.05) is 0 Å². The summed E-state index contributed by atoms with van der Waals surface area (Å²) in [6, 6.07) is 3.18. The molecule has 1 aromatic carbocycles. The van der Waals surface area contributed by atoms with E-state index in [1.165, 1.54) is 16.7 Å². The second-order valence-corrected chi connectivity index (χ2v) is 8.04. The third kappa shape index (κ3) is 4.27. The zero-order valence-electron chi connectivity index (χ0n) is 14.8. The lowest BCUT2D eigenvalue weighted by molar-refractivity contribution is -0.182. The van der Waals surface area contributed by atoms with Crippen LogP contribution in [0.2, 0.25) is 0 Å². The standard InChI is InChI=1S/C16H18F4N4O3S/c1-2-27-13-5-4-11(7-12(13)17)28(25,26)21-8-15-23-22-14-6-3-10(9-24(14)15)16(18,19)20/h4-5,7,10,21H,2-3,6,8-9H2,1H3. The summed E-state index contributed by atoms with van der Waals surface area (Å²) in [5.74, 6) is -2.00. The Morgan fingerprint density at radius 1 is 1.32 bits per heavy atom. The molecule has 1 aliphatic heterocycles. The Balaban J connectivity index is 1.74. The van der Waals surface area contributed by atoms with Crippen molar-refractivity contribution >= 4 is 10.0 Å². The number of nitrogens with zero attached hydrogens (tertiary/aromatic N) is 3. The van der Waals surface area contributed by atoms with Gasteiger partial charge in [0.15, 0.2) is 11.6 Å². The van der Waals surface area contributed by atoms with E-state index >= 15 is 0 Å². The summed E-state index contributed by atoms with van der Waals surface area (Å²) in [5, 5.41) is 7.62. The number of nitrogens with one attached hydrogen (secondary N) is 1. The van der Waals surface area contributed by atoms with Gasteiger partial charge in [-0.25, -0.2) is 17.5 Å². The molecule has 1 atom stereocenters. The summed E-state index contributed by atoms with van der Waals surface area (Å²) in [7, 11) is -4.11. The summed E-state index contributed by atoms with van der Waals surface area (Å²) >= 11 is 0. The molecule has 0 aliphatic carbocycles. The first-order valence-corrected chi connectivity index (χ1v) is 10.00. The minimum absolute atomic E-state index is 0.0685. The smallest absolute Gasteiger partial charge is 0.393 e. The van der Waals surface area contributed by atoms with Crippen LogP contribution in [0.1, 0.15) is 25.0 Å². The van der Waals surface area contributed by atoms with Crippen molar-refractivity contribution in [3.8, 4) is 5.75 Å². The summed E-state index contributed by atoms with van der Waals surface area (Å²) < 4.78 is 86.2. The van der Waals surface area contributed by atoms with E-state index in [2.05, 4.69) is 14.9 Å². The number of hydrogen-bond acceptors (Lipinski definition) is 5. The summed E-state index contributed by atoms with van der Waals surface area (Å²) in [5.41, 5.74) is 0. The number of fused-ring (bicyclic) bond motifs is 1. The van der Waals surface area contributed by atoms with Crippen molar-refractivity contribution in [1.29, 1.82) is 0 Å². The highest BCUT2D eigenvalue weighted by Crippen LogP contribution is 2.34. The maximum absolute atomic E-state index is 13.9. The highest BCUT2D eigenvalue weighted by Gasteiger charge is 2.42. The highest BCUT2D eigenvalue weighted by atomic mass is 32.2. The summed E-state index contributed by atoms with van der Waals surface area (Å²) in [6.45, 7) is 1.15. The normalized spacial score (nSPS) is 17.4. The van der Waals surface area contributed by atoms with Crippen LogP contribution in [-0.2, 0) is 29.5 Å². The van der Waals surface area contributed by atoms with Crippen molar-refractivity contribution in [3.05, 3.63) is 35.7 Å². The van der Waals surface area contributed by atoms with E-state index in [9.17, 15) is 26.0 Å². The predicted octanol–water partition coefficient (Wildman–Crippen LogP) is 2.42. The Kier molecular flexibility index (Phi) is 5.62. The molecule has 0 saturated heterocycles. The number of alkyl halides is 3. The quantitative estimate of drug-likeness (QED) is 0.723. The van der Waals surface area contributed by atoms with Gasteiger partial charge in [-0.2, -0.15) is 13.2 Å². The lowest BCUT2D eigenvalue weighted by Crippen LogP contribution is -2.34. The van der Waals surface area contributed by atoms with E-state index in [1.54, 1.807) is 6.92 Å². The number of ether oxygens (including phenoxy) is 1. The van der Waals surface area contributed by atoms with Crippen molar-refractivity contribution in [3.63, 3.8) is 0 Å². The zero-order chi connectivity index (χ0) is 20.5. The molecule has 154 valence electrons. The maximum Gasteiger partial charge on any atom is 0.393 e. The fourth-order valence-electron chi connectivity index (χ4n) is 2.95. The number of rotatable bonds is 6. The molecule has 3 rings (SSSR count). The van der Waals surface area contributed by atoms with Crippen LogP contribution in [-0.4, -0.2) is 36.0 Å². The van der Waals surface area contributed by atoms with Crippen molar-refractivity contribution in [2.45, 2.75) is 43.9 Å². The van der Waals surface area contributed by atoms with E-state index in [-0.39, 0.29) is 49.0 Å². The predicted molar refractivity (Wildman–Crippen MR) is 89.5 cm³/mol. The van der Waals surface area contributed by atoms with Gasteiger partial charge in [-0.15, -0.1) is 10.2 Å². The molecule has 2 heterocycles. The molecule has 0 saturated carbocycles. The van der Waals surface area contributed by atoms with Gasteiger partial charge >= 0.3 is 6.18 Å². The molecule has 0 radical (unpaired) electrons. The largest absolute Gasteiger partial charge is 0.491 e. The molecule has 0 spiro atoms. The fourth-order valence-corrected chi connectivity index (χ4v) is 3.94. The highest BCUT2D eigenvalue weighted by molar-refractivity contribution is 7.89. The number of aromatic nitrogens is 3. The van der Waals surface area contributed by atoms with Gasteiger partial charge in [0.2, 0.25) is 10.0 Å². The van der Waals surface area contributed by atoms with Gasteiger partial charge in [-0.3, -0.25) is 0 Å². The third-order valence-electron chi connectivity index (χ3n) is 4.42. The van der Waals surface area contributed by atoms with E-state index in [0.29, 0.717) is 5.82 Å². The first-order valence-electron chi connectivity index (χ1n) is 8.51. The van der Waals surface area contributed by atoms with Crippen molar-refractivity contribution in [2.75, 3.05) is 6.61 Å². The number of benzene rings is 1. The SMILES string of the molecule is CCOc1ccc(S(=O)(=O)NCc2nnc3n2CC(C(F)(F)F)CC3)cc1F. The average molecular weight is 422 g/mol. The maximum atomic E-state index is 13.9. The molecule has 12 heteroatoms. The third-order valence-corrected chi connectivity index (χ3v) is 5.82. The average Bonchev–Trinajstić information content (AvgIpc) is 3.03. The van der Waals surface area contributed by atoms with Gasteiger partial charge in [0, 0.05) is 13.0 Å². The lowest BCUT2D eigenvalue weighted by Gasteiger charge is -2.26. The molecule has 1 unspecified atom stereocenters. The Hall–Kier alpha value is -2.21. The zero-order valence-corrected chi connectivity index (χ0v) is 15.6.